The number of carbonyl (C=O) groups excluding carboxylic acids is 3. The van der Waals surface area contributed by atoms with E-state index in [1.54, 1.807) is 54.6 Å². The summed E-state index contributed by atoms with van der Waals surface area (Å²) in [6, 6.07) is 18.9. The van der Waals surface area contributed by atoms with Crippen LogP contribution in [-0.2, 0) is 9.59 Å². The second kappa shape index (κ2) is 8.59. The number of nitrogens with zero attached hydrogens (tertiary/aromatic N) is 3. The van der Waals surface area contributed by atoms with Crippen LogP contribution in [0.2, 0.25) is 10.0 Å². The van der Waals surface area contributed by atoms with E-state index in [1.165, 1.54) is 24.3 Å². The molecule has 9 heteroatoms. The topological polar surface area (TPSA) is 79.3 Å². The van der Waals surface area contributed by atoms with Crippen molar-refractivity contribution in [2.75, 3.05) is 17.0 Å². The van der Waals surface area contributed by atoms with Gasteiger partial charge in [0.15, 0.2) is 0 Å². The predicted octanol–water partition coefficient (Wildman–Crippen LogP) is 4.62. The van der Waals surface area contributed by atoms with Crippen molar-refractivity contribution in [3.63, 3.8) is 0 Å². The van der Waals surface area contributed by atoms with Crippen molar-refractivity contribution >= 4 is 57.9 Å². The highest BCUT2D eigenvalue weighted by Crippen LogP contribution is 2.41. The highest BCUT2D eigenvalue weighted by molar-refractivity contribution is 6.53. The number of amides is 2. The van der Waals surface area contributed by atoms with Crippen LogP contribution in [0.4, 0.5) is 11.4 Å². The Balaban J connectivity index is 1.61. The average molecular weight is 494 g/mol. The van der Waals surface area contributed by atoms with E-state index in [-0.39, 0.29) is 16.4 Å². The highest BCUT2D eigenvalue weighted by atomic mass is 35.5. The Morgan fingerprint density at radius 3 is 2.32 bits per heavy atom. The standard InChI is InChI=1S/C25H17Cl2N3O4/c1-34-17-10-7-14(8-11-17)23(31)21-20-22(30(28-21)16-5-3-2-4-6-16)25(33)29(24(20)32)19-13-15(26)9-12-18(19)27/h2-13,20,22H,1H3/t20-,22-/m0/s1. The lowest BCUT2D eigenvalue weighted by Crippen LogP contribution is -2.39. The molecule has 0 bridgehead atoms. The number of hydrazone groups is 1. The van der Waals surface area contributed by atoms with Crippen LogP contribution in [0.25, 0.3) is 0 Å². The second-order valence-electron chi connectivity index (χ2n) is 7.75. The fraction of sp³-hybridized carbons (Fsp3) is 0.120. The van der Waals surface area contributed by atoms with Crippen LogP contribution >= 0.6 is 23.2 Å². The lowest BCUT2D eigenvalue weighted by molar-refractivity contribution is -0.121. The fourth-order valence-corrected chi connectivity index (χ4v) is 4.55. The lowest BCUT2D eigenvalue weighted by atomic mass is 9.92. The van der Waals surface area contributed by atoms with Crippen LogP contribution in [0, 0.1) is 5.92 Å². The van der Waals surface area contributed by atoms with Crippen LogP contribution in [0.3, 0.4) is 0 Å². The van der Waals surface area contributed by atoms with Crippen molar-refractivity contribution in [3.05, 3.63) is 88.4 Å². The summed E-state index contributed by atoms with van der Waals surface area (Å²) in [5, 5.41) is 6.41. The van der Waals surface area contributed by atoms with E-state index in [2.05, 4.69) is 5.10 Å². The van der Waals surface area contributed by atoms with E-state index in [0.29, 0.717) is 22.0 Å². The first-order valence-electron chi connectivity index (χ1n) is 10.3. The number of halogens is 2. The van der Waals surface area contributed by atoms with Gasteiger partial charge >= 0.3 is 0 Å². The summed E-state index contributed by atoms with van der Waals surface area (Å²) < 4.78 is 5.16. The molecule has 0 saturated carbocycles. The van der Waals surface area contributed by atoms with Crippen LogP contribution < -0.4 is 14.6 Å². The molecule has 2 atom stereocenters. The van der Waals surface area contributed by atoms with Gasteiger partial charge in [-0.2, -0.15) is 5.10 Å². The van der Waals surface area contributed by atoms with Gasteiger partial charge in [0.2, 0.25) is 11.7 Å². The summed E-state index contributed by atoms with van der Waals surface area (Å²) in [5.41, 5.74) is 1.06. The number of methoxy groups -OCH3 is 1. The van der Waals surface area contributed by atoms with Crippen molar-refractivity contribution in [3.8, 4) is 5.75 Å². The van der Waals surface area contributed by atoms with E-state index in [9.17, 15) is 14.4 Å². The number of Topliss-reactive ketones (excluding diaryl/α,β-unsaturated/α-hetero) is 1. The predicted molar refractivity (Wildman–Crippen MR) is 130 cm³/mol. The Morgan fingerprint density at radius 2 is 1.65 bits per heavy atom. The molecule has 1 fully saturated rings. The Kier molecular flexibility index (Phi) is 5.59. The van der Waals surface area contributed by atoms with Crippen molar-refractivity contribution in [1.29, 1.82) is 0 Å². The third-order valence-electron chi connectivity index (χ3n) is 5.80. The van der Waals surface area contributed by atoms with Crippen LogP contribution in [0.1, 0.15) is 10.4 Å². The number of rotatable bonds is 5. The minimum Gasteiger partial charge on any atom is -0.497 e. The molecule has 1 saturated heterocycles. The summed E-state index contributed by atoms with van der Waals surface area (Å²) in [5.74, 6) is -2.08. The average Bonchev–Trinajstić information content (AvgIpc) is 3.37. The summed E-state index contributed by atoms with van der Waals surface area (Å²) in [4.78, 5) is 41.7. The number of ether oxygens (including phenoxy) is 1. The van der Waals surface area contributed by atoms with Gasteiger partial charge in [0.05, 0.1) is 23.5 Å². The van der Waals surface area contributed by atoms with Gasteiger partial charge in [-0.15, -0.1) is 0 Å². The molecule has 3 aromatic carbocycles. The number of hydrogen-bond donors (Lipinski definition) is 0. The lowest BCUT2D eigenvalue weighted by Gasteiger charge is -2.22. The number of para-hydroxylation sites is 1. The number of anilines is 2. The number of carbonyl (C=O) groups is 3. The zero-order chi connectivity index (χ0) is 24.0. The van der Waals surface area contributed by atoms with Crippen LogP contribution in [-0.4, -0.2) is 36.5 Å². The molecule has 0 radical (unpaired) electrons. The quantitative estimate of drug-likeness (QED) is 0.382. The molecule has 0 aliphatic carbocycles. The molecule has 0 unspecified atom stereocenters. The smallest absolute Gasteiger partial charge is 0.259 e. The Labute approximate surface area is 205 Å². The number of fused-ring (bicyclic) bond motifs is 1. The van der Waals surface area contributed by atoms with E-state index in [4.69, 9.17) is 27.9 Å². The van der Waals surface area contributed by atoms with E-state index in [1.807, 2.05) is 6.07 Å². The second-order valence-corrected chi connectivity index (χ2v) is 8.60. The largest absolute Gasteiger partial charge is 0.497 e. The fourth-order valence-electron chi connectivity index (χ4n) is 4.18. The minimum atomic E-state index is -1.10. The summed E-state index contributed by atoms with van der Waals surface area (Å²) >= 11 is 12.4. The van der Waals surface area contributed by atoms with E-state index < -0.39 is 29.6 Å². The van der Waals surface area contributed by atoms with Gasteiger partial charge < -0.3 is 4.74 Å². The number of ketones is 1. The molecule has 0 spiro atoms. The molecule has 34 heavy (non-hydrogen) atoms. The van der Waals surface area contributed by atoms with E-state index >= 15 is 0 Å². The maximum absolute atomic E-state index is 13.6. The van der Waals surface area contributed by atoms with Gasteiger partial charge in [0.25, 0.3) is 5.91 Å². The van der Waals surface area contributed by atoms with Crippen molar-refractivity contribution in [1.82, 2.24) is 0 Å². The zero-order valence-electron chi connectivity index (χ0n) is 17.8. The monoisotopic (exact) mass is 493 g/mol. The third-order valence-corrected chi connectivity index (χ3v) is 6.36. The van der Waals surface area contributed by atoms with Gasteiger partial charge in [0.1, 0.15) is 23.4 Å². The van der Waals surface area contributed by atoms with Gasteiger partial charge in [0, 0.05) is 10.6 Å². The molecule has 5 rings (SSSR count). The molecule has 2 aliphatic heterocycles. The maximum atomic E-state index is 13.6. The summed E-state index contributed by atoms with van der Waals surface area (Å²) in [6.07, 6.45) is 0. The first kappa shape index (κ1) is 22.1. The SMILES string of the molecule is COc1ccc(C(=O)C2=NN(c3ccccc3)[C@@H]3C(=O)N(c4cc(Cl)ccc4Cl)C(=O)[C@@H]23)cc1. The van der Waals surface area contributed by atoms with Gasteiger partial charge in [-0.3, -0.25) is 19.4 Å². The Morgan fingerprint density at radius 1 is 0.941 bits per heavy atom. The molecular weight excluding hydrogens is 477 g/mol. The zero-order valence-corrected chi connectivity index (χ0v) is 19.3. The number of hydrogen-bond acceptors (Lipinski definition) is 6. The van der Waals surface area contributed by atoms with Gasteiger partial charge in [-0.25, -0.2) is 4.90 Å². The van der Waals surface area contributed by atoms with Crippen LogP contribution in [0.5, 0.6) is 5.75 Å². The maximum Gasteiger partial charge on any atom is 0.259 e. The molecule has 3 aromatic rings. The van der Waals surface area contributed by atoms with Crippen molar-refractivity contribution < 1.29 is 19.1 Å². The molecule has 2 amide bonds. The molecule has 7 nitrogen and oxygen atoms in total. The normalized spacial score (nSPS) is 19.3. The first-order chi connectivity index (χ1) is 16.4. The molecule has 170 valence electrons. The van der Waals surface area contributed by atoms with Crippen LogP contribution in [0.15, 0.2) is 77.9 Å². The van der Waals surface area contributed by atoms with Crippen molar-refractivity contribution in [2.24, 2.45) is 11.0 Å². The highest BCUT2D eigenvalue weighted by Gasteiger charge is 2.58. The molecule has 2 heterocycles. The summed E-state index contributed by atoms with van der Waals surface area (Å²) in [7, 11) is 1.53. The molecular formula is C25H17Cl2N3O4. The Hall–Kier alpha value is -3.68. The minimum absolute atomic E-state index is 0.0157. The number of imide groups is 1. The third kappa shape index (κ3) is 3.54. The molecule has 2 aliphatic rings. The molecule has 0 N–H and O–H groups in total. The van der Waals surface area contributed by atoms with Gasteiger partial charge in [-0.05, 0) is 54.6 Å². The Bertz CT molecular complexity index is 1340. The first-order valence-corrected chi connectivity index (χ1v) is 11.1. The number of benzene rings is 3. The molecule has 0 aromatic heterocycles. The van der Waals surface area contributed by atoms with E-state index in [0.717, 1.165) is 4.90 Å². The van der Waals surface area contributed by atoms with Gasteiger partial charge in [-0.1, -0.05) is 41.4 Å². The summed E-state index contributed by atoms with van der Waals surface area (Å²) in [6.45, 7) is 0. The van der Waals surface area contributed by atoms with Crippen molar-refractivity contribution in [2.45, 2.75) is 6.04 Å².